The minimum atomic E-state index is -4.88. The van der Waals surface area contributed by atoms with E-state index >= 15 is 0 Å². The van der Waals surface area contributed by atoms with Crippen molar-refractivity contribution in [2.24, 2.45) is 0 Å². The van der Waals surface area contributed by atoms with Crippen LogP contribution in [0.25, 0.3) is 0 Å². The molecule has 3 aromatic carbocycles. The fourth-order valence-electron chi connectivity index (χ4n) is 4.60. The molecule has 0 bridgehead atoms. The van der Waals surface area contributed by atoms with Gasteiger partial charge in [-0.15, -0.1) is 13.2 Å². The third-order valence-corrected chi connectivity index (χ3v) is 6.76. The first-order chi connectivity index (χ1) is 20.1. The summed E-state index contributed by atoms with van der Waals surface area (Å²) < 4.78 is 60.0. The molecule has 0 saturated carbocycles. The highest BCUT2D eigenvalue weighted by molar-refractivity contribution is 6.30. The predicted octanol–water partition coefficient (Wildman–Crippen LogP) is 6.54. The molecule has 42 heavy (non-hydrogen) atoms. The molecule has 12 heteroatoms. The standard InChI is InChI=1S/C30H32ClF3N2O6/c1-3-4-12-40-24-16-21(15-23(17-24)39-2)35-28(25-8-6-20(31)14-27(25)41-13-11-37)29(38)36-10-9-19-5-7-22(18-26(19)36)42-30(32,33)34/h5-8,14-18,28,35,37H,3-4,9-13H2,1-2H3. The van der Waals surface area contributed by atoms with Gasteiger partial charge in [-0.3, -0.25) is 4.79 Å². The number of hydrogen-bond acceptors (Lipinski definition) is 7. The quantitative estimate of drug-likeness (QED) is 0.213. The summed E-state index contributed by atoms with van der Waals surface area (Å²) in [5, 5.41) is 13.0. The number of nitrogens with zero attached hydrogens (tertiary/aromatic N) is 1. The fraction of sp³-hybridized carbons (Fsp3) is 0.367. The molecule has 8 nitrogen and oxygen atoms in total. The van der Waals surface area contributed by atoms with E-state index in [9.17, 15) is 23.1 Å². The Morgan fingerprint density at radius 1 is 1.05 bits per heavy atom. The predicted molar refractivity (Wildman–Crippen MR) is 153 cm³/mol. The van der Waals surface area contributed by atoms with Gasteiger partial charge in [-0.05, 0) is 36.6 Å². The zero-order valence-corrected chi connectivity index (χ0v) is 23.9. The Balaban J connectivity index is 1.75. The lowest BCUT2D eigenvalue weighted by molar-refractivity contribution is -0.274. The van der Waals surface area contributed by atoms with E-state index in [-0.39, 0.29) is 25.5 Å². The van der Waals surface area contributed by atoms with Crippen molar-refractivity contribution in [3.05, 3.63) is 70.7 Å². The summed E-state index contributed by atoms with van der Waals surface area (Å²) in [6.45, 7) is 2.47. The number of carbonyl (C=O) groups is 1. The van der Waals surface area contributed by atoms with Gasteiger partial charge in [0.1, 0.15) is 35.6 Å². The van der Waals surface area contributed by atoms with E-state index in [1.165, 1.54) is 36.3 Å². The second-order valence-electron chi connectivity index (χ2n) is 9.51. The van der Waals surface area contributed by atoms with Gasteiger partial charge in [0.25, 0.3) is 5.91 Å². The van der Waals surface area contributed by atoms with Crippen LogP contribution in [0.2, 0.25) is 5.02 Å². The van der Waals surface area contributed by atoms with Crippen LogP contribution in [-0.4, -0.2) is 50.9 Å². The van der Waals surface area contributed by atoms with Crippen LogP contribution in [0.3, 0.4) is 0 Å². The molecule has 0 aromatic heterocycles. The number of halogens is 4. The number of rotatable bonds is 13. The minimum Gasteiger partial charge on any atom is -0.497 e. The number of unbranched alkanes of at least 4 members (excludes halogenated alkanes) is 1. The minimum absolute atomic E-state index is 0.0481. The molecular weight excluding hydrogens is 577 g/mol. The van der Waals surface area contributed by atoms with Gasteiger partial charge in [-0.2, -0.15) is 0 Å². The fourth-order valence-corrected chi connectivity index (χ4v) is 4.76. The Kier molecular flexibility index (Phi) is 10.3. The van der Waals surface area contributed by atoms with E-state index in [2.05, 4.69) is 17.0 Å². The van der Waals surface area contributed by atoms with Gasteiger partial charge in [-0.1, -0.05) is 37.1 Å². The molecule has 1 unspecified atom stereocenters. The molecule has 226 valence electrons. The van der Waals surface area contributed by atoms with Crippen LogP contribution in [0, 0.1) is 0 Å². The molecule has 0 radical (unpaired) electrons. The molecule has 1 atom stereocenters. The number of ether oxygens (including phenoxy) is 4. The van der Waals surface area contributed by atoms with Crippen LogP contribution in [0.15, 0.2) is 54.6 Å². The topological polar surface area (TPSA) is 89.5 Å². The summed E-state index contributed by atoms with van der Waals surface area (Å²) in [6.07, 6.45) is -2.63. The van der Waals surface area contributed by atoms with Crippen LogP contribution in [-0.2, 0) is 11.2 Å². The average Bonchev–Trinajstić information content (AvgIpc) is 3.37. The van der Waals surface area contributed by atoms with Crippen molar-refractivity contribution in [1.82, 2.24) is 0 Å². The highest BCUT2D eigenvalue weighted by Crippen LogP contribution is 2.39. The summed E-state index contributed by atoms with van der Waals surface area (Å²) in [4.78, 5) is 15.7. The molecule has 0 saturated heterocycles. The second kappa shape index (κ2) is 13.9. The van der Waals surface area contributed by atoms with E-state index in [1.54, 1.807) is 30.3 Å². The van der Waals surface area contributed by atoms with E-state index < -0.39 is 24.1 Å². The number of anilines is 2. The van der Waals surface area contributed by atoms with E-state index in [4.69, 9.17) is 25.8 Å². The maximum absolute atomic E-state index is 14.3. The van der Waals surface area contributed by atoms with E-state index in [0.29, 0.717) is 52.1 Å². The number of benzene rings is 3. The molecule has 4 rings (SSSR count). The van der Waals surface area contributed by atoms with Gasteiger partial charge in [0.2, 0.25) is 0 Å². The molecular formula is C30H32ClF3N2O6. The van der Waals surface area contributed by atoms with E-state index in [0.717, 1.165) is 12.8 Å². The Morgan fingerprint density at radius 3 is 2.55 bits per heavy atom. The summed E-state index contributed by atoms with van der Waals surface area (Å²) in [6, 6.07) is 12.8. The normalized spacial score (nSPS) is 13.4. The lowest BCUT2D eigenvalue weighted by Crippen LogP contribution is -2.37. The van der Waals surface area contributed by atoms with Crippen LogP contribution in [0.5, 0.6) is 23.0 Å². The largest absolute Gasteiger partial charge is 0.573 e. The van der Waals surface area contributed by atoms with Crippen LogP contribution in [0.4, 0.5) is 24.5 Å². The number of fused-ring (bicyclic) bond motifs is 1. The number of amides is 1. The molecule has 1 aliphatic heterocycles. The van der Waals surface area contributed by atoms with Gasteiger partial charge in [-0.25, -0.2) is 0 Å². The van der Waals surface area contributed by atoms with Crippen LogP contribution < -0.4 is 29.2 Å². The Morgan fingerprint density at radius 2 is 1.83 bits per heavy atom. The highest BCUT2D eigenvalue weighted by atomic mass is 35.5. The Bertz CT molecular complexity index is 1390. The Labute approximate surface area is 246 Å². The van der Waals surface area contributed by atoms with Crippen LogP contribution >= 0.6 is 11.6 Å². The van der Waals surface area contributed by atoms with Gasteiger partial charge in [0.05, 0.1) is 26.0 Å². The number of nitrogens with one attached hydrogen (secondary N) is 1. The summed E-state index contributed by atoms with van der Waals surface area (Å²) in [5.74, 6) is 0.407. The first-order valence-electron chi connectivity index (χ1n) is 13.4. The molecule has 1 aliphatic rings. The molecule has 1 heterocycles. The van der Waals surface area contributed by atoms with Crippen LogP contribution in [0.1, 0.15) is 36.9 Å². The summed E-state index contributed by atoms with van der Waals surface area (Å²) in [5.41, 5.74) is 1.92. The van der Waals surface area contributed by atoms with Crippen molar-refractivity contribution in [1.29, 1.82) is 0 Å². The number of methoxy groups -OCH3 is 1. The first kappa shape index (κ1) is 31.1. The first-order valence-corrected chi connectivity index (χ1v) is 13.8. The zero-order valence-electron chi connectivity index (χ0n) is 23.2. The maximum atomic E-state index is 14.3. The molecule has 2 N–H and O–H groups in total. The molecule has 1 amide bonds. The van der Waals surface area contributed by atoms with Gasteiger partial charge >= 0.3 is 6.36 Å². The number of alkyl halides is 3. The Hall–Kier alpha value is -3.83. The number of aliphatic hydroxyl groups is 1. The second-order valence-corrected chi connectivity index (χ2v) is 9.95. The number of hydrogen-bond donors (Lipinski definition) is 2. The summed E-state index contributed by atoms with van der Waals surface area (Å²) in [7, 11) is 1.51. The third-order valence-electron chi connectivity index (χ3n) is 6.53. The average molecular weight is 609 g/mol. The van der Waals surface area contributed by atoms with Gasteiger partial charge in [0.15, 0.2) is 0 Å². The number of carbonyl (C=O) groups excluding carboxylic acids is 1. The molecule has 0 fully saturated rings. The van der Waals surface area contributed by atoms with Crippen molar-refractivity contribution >= 4 is 28.9 Å². The monoisotopic (exact) mass is 608 g/mol. The molecule has 0 spiro atoms. The zero-order chi connectivity index (χ0) is 30.3. The smallest absolute Gasteiger partial charge is 0.497 e. The number of aliphatic hydroxyl groups excluding tert-OH is 1. The highest BCUT2D eigenvalue weighted by Gasteiger charge is 2.35. The van der Waals surface area contributed by atoms with Gasteiger partial charge < -0.3 is 34.3 Å². The lowest BCUT2D eigenvalue weighted by atomic mass is 10.0. The van der Waals surface area contributed by atoms with E-state index in [1.807, 2.05) is 0 Å². The molecule has 3 aromatic rings. The molecule has 0 aliphatic carbocycles. The third kappa shape index (κ3) is 7.92. The SMILES string of the molecule is CCCCOc1cc(NC(C(=O)N2CCc3ccc(OC(F)(F)F)cc32)c2ccc(Cl)cc2OCCO)cc(OC)c1. The van der Waals surface area contributed by atoms with Crippen molar-refractivity contribution in [2.75, 3.05) is 43.7 Å². The van der Waals surface area contributed by atoms with Crippen molar-refractivity contribution in [3.63, 3.8) is 0 Å². The van der Waals surface area contributed by atoms with Crippen molar-refractivity contribution in [2.45, 2.75) is 38.6 Å². The van der Waals surface area contributed by atoms with Crippen molar-refractivity contribution in [3.8, 4) is 23.0 Å². The van der Waals surface area contributed by atoms with Gasteiger partial charge in [0, 0.05) is 47.1 Å². The lowest BCUT2D eigenvalue weighted by Gasteiger charge is -2.28. The summed E-state index contributed by atoms with van der Waals surface area (Å²) >= 11 is 6.23. The van der Waals surface area contributed by atoms with Crippen molar-refractivity contribution < 1.29 is 42.0 Å². The maximum Gasteiger partial charge on any atom is 0.573 e.